The average molecular weight is 574 g/mol. The van der Waals surface area contributed by atoms with Crippen molar-refractivity contribution < 1.29 is 18.3 Å². The number of hydrogen-bond acceptors (Lipinski definition) is 2. The zero-order chi connectivity index (χ0) is 26.3. The number of alkyl halides is 1. The molecule has 2 nitrogen and oxygen atoms in total. The van der Waals surface area contributed by atoms with Gasteiger partial charge >= 0.3 is 0 Å². The zero-order valence-electron chi connectivity index (χ0n) is 21.9. The fourth-order valence-electron chi connectivity index (χ4n) is 4.26. The average Bonchev–Trinajstić information content (AvgIpc) is 2.93. The molecule has 0 saturated carbocycles. The van der Waals surface area contributed by atoms with Gasteiger partial charge in [-0.05, 0) is 60.2 Å². The molecule has 0 atom stereocenters. The van der Waals surface area contributed by atoms with Crippen LogP contribution in [-0.4, -0.2) is 18.5 Å². The van der Waals surface area contributed by atoms with Crippen molar-refractivity contribution in [3.05, 3.63) is 72.3 Å². The first kappa shape index (κ1) is 29.2. The van der Waals surface area contributed by atoms with E-state index in [1.807, 2.05) is 48.5 Å². The predicted molar refractivity (Wildman–Crippen MR) is 154 cm³/mol. The zero-order valence-corrected chi connectivity index (χ0v) is 23.5. The van der Waals surface area contributed by atoms with Crippen molar-refractivity contribution >= 4 is 15.9 Å². The van der Waals surface area contributed by atoms with Crippen LogP contribution in [0, 0.1) is 11.6 Å². The molecule has 3 aromatic carbocycles. The summed E-state index contributed by atoms with van der Waals surface area (Å²) in [6, 6.07) is 18.6. The van der Waals surface area contributed by atoms with E-state index in [9.17, 15) is 8.78 Å². The van der Waals surface area contributed by atoms with E-state index in [1.54, 1.807) is 6.07 Å². The van der Waals surface area contributed by atoms with Crippen LogP contribution in [0.25, 0.3) is 22.3 Å². The van der Waals surface area contributed by atoms with Crippen molar-refractivity contribution in [2.75, 3.05) is 18.5 Å². The topological polar surface area (TPSA) is 18.5 Å². The quantitative estimate of drug-likeness (QED) is 0.118. The molecule has 0 bridgehead atoms. The van der Waals surface area contributed by atoms with Crippen LogP contribution in [0.1, 0.15) is 71.1 Å². The molecule has 0 saturated heterocycles. The maximum Gasteiger partial charge on any atom is 0.201 e. The second-order valence-electron chi connectivity index (χ2n) is 9.41. The third kappa shape index (κ3) is 9.45. The monoisotopic (exact) mass is 572 g/mol. The van der Waals surface area contributed by atoms with Gasteiger partial charge in [0.25, 0.3) is 0 Å². The van der Waals surface area contributed by atoms with Gasteiger partial charge in [-0.15, -0.1) is 0 Å². The molecule has 0 spiro atoms. The van der Waals surface area contributed by atoms with Gasteiger partial charge in [0.15, 0.2) is 11.6 Å². The molecule has 0 aliphatic rings. The summed E-state index contributed by atoms with van der Waals surface area (Å²) in [5.74, 6) is -0.972. The van der Waals surface area contributed by atoms with Gasteiger partial charge in [-0.25, -0.2) is 4.39 Å². The molecule has 0 heterocycles. The third-order valence-corrected chi connectivity index (χ3v) is 7.04. The van der Waals surface area contributed by atoms with Crippen LogP contribution >= 0.6 is 15.9 Å². The highest BCUT2D eigenvalue weighted by Crippen LogP contribution is 2.32. The number of rotatable bonds is 17. The van der Waals surface area contributed by atoms with Gasteiger partial charge in [0.1, 0.15) is 5.75 Å². The van der Waals surface area contributed by atoms with E-state index < -0.39 is 11.6 Å². The number of unbranched alkanes of at least 4 members (excludes halogenated alkanes) is 8. The SMILES string of the molecule is CCCCCCCCOc1ccc(-c2ccc(-c3ccc(OCCCCCCBr)c(F)c3F)cc2)cc1. The summed E-state index contributed by atoms with van der Waals surface area (Å²) in [5.41, 5.74) is 2.91. The fraction of sp³-hybridized carbons (Fsp3) is 0.438. The molecule has 0 amide bonds. The van der Waals surface area contributed by atoms with Crippen molar-refractivity contribution in [3.63, 3.8) is 0 Å². The number of hydrogen-bond donors (Lipinski definition) is 0. The Kier molecular flexibility index (Phi) is 13.0. The normalized spacial score (nSPS) is 11.0. The van der Waals surface area contributed by atoms with Crippen LogP contribution in [0.3, 0.4) is 0 Å². The van der Waals surface area contributed by atoms with Gasteiger partial charge in [0.2, 0.25) is 5.82 Å². The summed E-state index contributed by atoms with van der Waals surface area (Å²) in [5, 5.41) is 0.983. The summed E-state index contributed by atoms with van der Waals surface area (Å²) in [7, 11) is 0. The van der Waals surface area contributed by atoms with Crippen molar-refractivity contribution in [2.24, 2.45) is 0 Å². The second kappa shape index (κ2) is 16.4. The highest BCUT2D eigenvalue weighted by molar-refractivity contribution is 9.09. The Morgan fingerprint density at radius 3 is 1.76 bits per heavy atom. The molecule has 5 heteroatoms. The van der Waals surface area contributed by atoms with Crippen molar-refractivity contribution in [3.8, 4) is 33.8 Å². The minimum atomic E-state index is -0.932. The Balaban J connectivity index is 1.53. The van der Waals surface area contributed by atoms with Crippen LogP contribution in [0.2, 0.25) is 0 Å². The van der Waals surface area contributed by atoms with E-state index in [0.29, 0.717) is 12.2 Å². The lowest BCUT2D eigenvalue weighted by molar-refractivity contribution is 0.285. The maximum atomic E-state index is 14.8. The lowest BCUT2D eigenvalue weighted by Gasteiger charge is -2.11. The second-order valence-corrected chi connectivity index (χ2v) is 10.2. The van der Waals surface area contributed by atoms with E-state index in [1.165, 1.54) is 38.2 Å². The van der Waals surface area contributed by atoms with Gasteiger partial charge in [-0.2, -0.15) is 4.39 Å². The summed E-state index contributed by atoms with van der Waals surface area (Å²) in [6.45, 7) is 3.35. The van der Waals surface area contributed by atoms with Crippen LogP contribution in [0.5, 0.6) is 11.5 Å². The summed E-state index contributed by atoms with van der Waals surface area (Å²) in [4.78, 5) is 0. The van der Waals surface area contributed by atoms with Gasteiger partial charge < -0.3 is 9.47 Å². The molecule has 37 heavy (non-hydrogen) atoms. The molecular formula is C32H39BrF2O2. The number of halogens is 3. The molecule has 3 aromatic rings. The molecule has 0 N–H and O–H groups in total. The molecule has 0 unspecified atom stereocenters. The minimum absolute atomic E-state index is 0.0304. The smallest absolute Gasteiger partial charge is 0.201 e. The van der Waals surface area contributed by atoms with E-state index in [-0.39, 0.29) is 11.3 Å². The van der Waals surface area contributed by atoms with Crippen LogP contribution in [-0.2, 0) is 0 Å². The van der Waals surface area contributed by atoms with Crippen molar-refractivity contribution in [1.29, 1.82) is 0 Å². The molecule has 0 fully saturated rings. The summed E-state index contributed by atoms with van der Waals surface area (Å²) in [6.07, 6.45) is 11.5. The van der Waals surface area contributed by atoms with Crippen LogP contribution in [0.15, 0.2) is 60.7 Å². The first-order chi connectivity index (χ1) is 18.1. The Morgan fingerprint density at radius 2 is 1.11 bits per heavy atom. The largest absolute Gasteiger partial charge is 0.494 e. The standard InChI is InChI=1S/C32H39BrF2O2/c1-2-3-4-5-7-10-23-36-28-18-16-26(17-19-28)25-12-14-27(15-13-25)29-20-21-30(32(35)31(29)34)37-24-11-8-6-9-22-33/h12-21H,2-11,22-24H2,1H3. The van der Waals surface area contributed by atoms with Crippen molar-refractivity contribution in [2.45, 2.75) is 71.1 Å². The highest BCUT2D eigenvalue weighted by atomic mass is 79.9. The Labute approximate surface area is 229 Å². The van der Waals surface area contributed by atoms with Crippen molar-refractivity contribution in [1.82, 2.24) is 0 Å². The predicted octanol–water partition coefficient (Wildman–Crippen LogP) is 10.4. The Bertz CT molecular complexity index is 1050. The van der Waals surface area contributed by atoms with E-state index in [0.717, 1.165) is 60.9 Å². The van der Waals surface area contributed by atoms with Gasteiger partial charge in [0.05, 0.1) is 13.2 Å². The number of benzene rings is 3. The Morgan fingerprint density at radius 1 is 0.568 bits per heavy atom. The molecular weight excluding hydrogens is 534 g/mol. The first-order valence-electron chi connectivity index (χ1n) is 13.6. The number of ether oxygens (including phenoxy) is 2. The molecule has 0 radical (unpaired) electrons. The lowest BCUT2D eigenvalue weighted by atomic mass is 9.99. The van der Waals surface area contributed by atoms with E-state index >= 15 is 0 Å². The molecule has 0 aliphatic carbocycles. The molecule has 0 aromatic heterocycles. The molecule has 200 valence electrons. The molecule has 0 aliphatic heterocycles. The van der Waals surface area contributed by atoms with Crippen LogP contribution in [0.4, 0.5) is 8.78 Å². The van der Waals surface area contributed by atoms with Crippen LogP contribution < -0.4 is 9.47 Å². The van der Waals surface area contributed by atoms with Gasteiger partial charge in [0, 0.05) is 10.9 Å². The fourth-order valence-corrected chi connectivity index (χ4v) is 4.65. The maximum absolute atomic E-state index is 14.8. The molecule has 3 rings (SSSR count). The first-order valence-corrected chi connectivity index (χ1v) is 14.8. The highest BCUT2D eigenvalue weighted by Gasteiger charge is 2.16. The van der Waals surface area contributed by atoms with E-state index in [2.05, 4.69) is 22.9 Å². The summed E-state index contributed by atoms with van der Waals surface area (Å²) >= 11 is 3.41. The van der Waals surface area contributed by atoms with Gasteiger partial charge in [-0.1, -0.05) is 104 Å². The minimum Gasteiger partial charge on any atom is -0.494 e. The van der Waals surface area contributed by atoms with Gasteiger partial charge in [-0.3, -0.25) is 0 Å². The Hall–Kier alpha value is -2.40. The lowest BCUT2D eigenvalue weighted by Crippen LogP contribution is -2.01. The summed E-state index contributed by atoms with van der Waals surface area (Å²) < 4.78 is 40.8. The third-order valence-electron chi connectivity index (χ3n) is 6.48. The van der Waals surface area contributed by atoms with E-state index in [4.69, 9.17) is 9.47 Å².